The van der Waals surface area contributed by atoms with Crippen molar-refractivity contribution in [3.8, 4) is 0 Å². The van der Waals surface area contributed by atoms with E-state index in [9.17, 15) is 4.79 Å². The highest BCUT2D eigenvalue weighted by atomic mass is 32.1. The zero-order valence-corrected chi connectivity index (χ0v) is 14.1. The van der Waals surface area contributed by atoms with Gasteiger partial charge in [0.25, 0.3) is 0 Å². The summed E-state index contributed by atoms with van der Waals surface area (Å²) in [5.74, 6) is -0.0700. The lowest BCUT2D eigenvalue weighted by atomic mass is 10.1. The van der Waals surface area contributed by atoms with E-state index < -0.39 is 0 Å². The molecule has 1 aliphatic heterocycles. The van der Waals surface area contributed by atoms with Gasteiger partial charge in [0, 0.05) is 44.4 Å². The third kappa shape index (κ3) is 4.19. The zero-order valence-electron chi connectivity index (χ0n) is 13.3. The lowest BCUT2D eigenvalue weighted by Gasteiger charge is -2.33. The fourth-order valence-electron chi connectivity index (χ4n) is 2.98. The van der Waals surface area contributed by atoms with Crippen molar-refractivity contribution in [2.24, 2.45) is 0 Å². The number of methoxy groups -OCH3 is 1. The molecule has 2 aromatic heterocycles. The lowest BCUT2D eigenvalue weighted by Crippen LogP contribution is -2.39. The molecule has 6 nitrogen and oxygen atoms in total. The highest BCUT2D eigenvalue weighted by molar-refractivity contribution is 7.09. The highest BCUT2D eigenvalue weighted by Crippen LogP contribution is 2.24. The number of ether oxygens (including phenoxy) is 1. The number of hydrogen-bond acceptors (Lipinski definition) is 5. The molecule has 0 saturated heterocycles. The van der Waals surface area contributed by atoms with Crippen LogP contribution in [0.2, 0.25) is 0 Å². The number of rotatable bonds is 7. The summed E-state index contributed by atoms with van der Waals surface area (Å²) in [4.78, 5) is 15.3. The number of hydrogen-bond donors (Lipinski definition) is 1. The first kappa shape index (κ1) is 16.2. The van der Waals surface area contributed by atoms with Gasteiger partial charge in [-0.2, -0.15) is 5.10 Å². The van der Waals surface area contributed by atoms with E-state index in [1.165, 1.54) is 17.7 Å². The van der Waals surface area contributed by atoms with Crippen LogP contribution in [0.15, 0.2) is 29.8 Å². The largest absolute Gasteiger partial charge is 0.375 e. The normalized spacial score (nSPS) is 17.9. The number of nitrogens with zero attached hydrogens (tertiary/aromatic N) is 3. The summed E-state index contributed by atoms with van der Waals surface area (Å²) in [7, 11) is 1.53. The summed E-state index contributed by atoms with van der Waals surface area (Å²) >= 11 is 1.79. The van der Waals surface area contributed by atoms with Gasteiger partial charge in [-0.25, -0.2) is 0 Å². The zero-order chi connectivity index (χ0) is 16.1. The number of aromatic nitrogens is 2. The van der Waals surface area contributed by atoms with Crippen LogP contribution in [0.4, 0.5) is 0 Å². The van der Waals surface area contributed by atoms with E-state index in [1.807, 2.05) is 6.20 Å². The molecule has 1 atom stereocenters. The van der Waals surface area contributed by atoms with Crippen molar-refractivity contribution in [1.82, 2.24) is 20.0 Å². The van der Waals surface area contributed by atoms with Gasteiger partial charge < -0.3 is 10.1 Å². The van der Waals surface area contributed by atoms with Crippen LogP contribution in [0, 0.1) is 0 Å². The van der Waals surface area contributed by atoms with Gasteiger partial charge in [0.1, 0.15) is 6.61 Å². The third-order valence-electron chi connectivity index (χ3n) is 3.99. The fourth-order valence-corrected chi connectivity index (χ4v) is 3.73. The van der Waals surface area contributed by atoms with Crippen molar-refractivity contribution < 1.29 is 9.53 Å². The fraction of sp³-hybridized carbons (Fsp3) is 0.500. The SMILES string of the molecule is COCC(=O)NCC[C@H]1CN(Cc2cccs2)Cc2ccnn21. The maximum atomic E-state index is 11.5. The Morgan fingerprint density at radius 1 is 1.52 bits per heavy atom. The summed E-state index contributed by atoms with van der Waals surface area (Å²) < 4.78 is 6.93. The Morgan fingerprint density at radius 2 is 2.43 bits per heavy atom. The van der Waals surface area contributed by atoms with Crippen molar-refractivity contribution in [2.75, 3.05) is 26.8 Å². The van der Waals surface area contributed by atoms with Crippen LogP contribution in [0.25, 0.3) is 0 Å². The van der Waals surface area contributed by atoms with Crippen LogP contribution in [0.5, 0.6) is 0 Å². The molecular formula is C16H22N4O2S. The van der Waals surface area contributed by atoms with Gasteiger partial charge in [-0.1, -0.05) is 6.07 Å². The summed E-state index contributed by atoms with van der Waals surface area (Å²) in [5, 5.41) is 9.47. The van der Waals surface area contributed by atoms with E-state index in [2.05, 4.69) is 43.6 Å². The van der Waals surface area contributed by atoms with E-state index >= 15 is 0 Å². The second-order valence-electron chi connectivity index (χ2n) is 5.74. The number of amides is 1. The maximum Gasteiger partial charge on any atom is 0.245 e. The summed E-state index contributed by atoms with van der Waals surface area (Å²) in [6, 6.07) is 6.64. The first-order valence-corrected chi connectivity index (χ1v) is 8.67. The molecule has 1 aliphatic rings. The van der Waals surface area contributed by atoms with E-state index in [1.54, 1.807) is 11.3 Å². The predicted octanol–water partition coefficient (Wildman–Crippen LogP) is 1.65. The Morgan fingerprint density at radius 3 is 3.22 bits per heavy atom. The van der Waals surface area contributed by atoms with Crippen LogP contribution in [-0.2, 0) is 22.6 Å². The Balaban J connectivity index is 1.59. The topological polar surface area (TPSA) is 59.4 Å². The molecule has 0 saturated carbocycles. The van der Waals surface area contributed by atoms with Gasteiger partial charge in [0.2, 0.25) is 5.91 Å². The number of thiophene rings is 1. The van der Waals surface area contributed by atoms with Crippen LogP contribution in [0.1, 0.15) is 23.0 Å². The molecular weight excluding hydrogens is 312 g/mol. The smallest absolute Gasteiger partial charge is 0.245 e. The van der Waals surface area contributed by atoms with E-state index in [-0.39, 0.29) is 18.6 Å². The molecule has 0 spiro atoms. The van der Waals surface area contributed by atoms with Gasteiger partial charge in [0.05, 0.1) is 11.7 Å². The molecule has 0 bridgehead atoms. The summed E-state index contributed by atoms with van der Waals surface area (Å²) in [6.07, 6.45) is 2.73. The average molecular weight is 334 g/mol. The summed E-state index contributed by atoms with van der Waals surface area (Å²) in [5.41, 5.74) is 1.24. The van der Waals surface area contributed by atoms with Gasteiger partial charge in [-0.05, 0) is 23.9 Å². The standard InChI is InChI=1S/C16H22N4O2S/c1-22-12-16(21)17-6-4-13-9-19(11-15-3-2-8-23-15)10-14-5-7-18-20(13)14/h2-3,5,7-8,13H,4,6,9-12H2,1H3,(H,17,21)/t13-/m0/s1. The van der Waals surface area contributed by atoms with Gasteiger partial charge in [-0.15, -0.1) is 11.3 Å². The van der Waals surface area contributed by atoms with Gasteiger partial charge >= 0.3 is 0 Å². The maximum absolute atomic E-state index is 11.5. The first-order valence-electron chi connectivity index (χ1n) is 7.79. The molecule has 7 heteroatoms. The minimum absolute atomic E-state index is 0.0700. The van der Waals surface area contributed by atoms with Gasteiger partial charge in [0.15, 0.2) is 0 Å². The molecule has 0 unspecified atom stereocenters. The molecule has 124 valence electrons. The first-order chi connectivity index (χ1) is 11.3. The molecule has 0 aromatic carbocycles. The molecule has 3 heterocycles. The van der Waals surface area contributed by atoms with Crippen molar-refractivity contribution in [3.63, 3.8) is 0 Å². The number of nitrogens with one attached hydrogen (secondary N) is 1. The van der Waals surface area contributed by atoms with Crippen molar-refractivity contribution in [3.05, 3.63) is 40.3 Å². The van der Waals surface area contributed by atoms with Crippen molar-refractivity contribution in [2.45, 2.75) is 25.6 Å². The van der Waals surface area contributed by atoms with Crippen LogP contribution in [0.3, 0.4) is 0 Å². The molecule has 0 radical (unpaired) electrons. The molecule has 2 aromatic rings. The second-order valence-corrected chi connectivity index (χ2v) is 6.77. The molecule has 1 amide bonds. The number of carbonyl (C=O) groups excluding carboxylic acids is 1. The molecule has 23 heavy (non-hydrogen) atoms. The van der Waals surface area contributed by atoms with Crippen molar-refractivity contribution >= 4 is 17.2 Å². The highest BCUT2D eigenvalue weighted by Gasteiger charge is 2.25. The molecule has 0 aliphatic carbocycles. The Hall–Kier alpha value is -1.70. The summed E-state index contributed by atoms with van der Waals surface area (Å²) in [6.45, 7) is 3.59. The van der Waals surface area contributed by atoms with E-state index in [0.29, 0.717) is 6.54 Å². The molecule has 0 fully saturated rings. The van der Waals surface area contributed by atoms with Crippen molar-refractivity contribution in [1.29, 1.82) is 0 Å². The Kier molecular flexibility index (Phi) is 5.43. The minimum Gasteiger partial charge on any atom is -0.375 e. The Bertz CT molecular complexity index is 626. The van der Waals surface area contributed by atoms with Crippen LogP contribution in [-0.4, -0.2) is 47.4 Å². The number of carbonyl (C=O) groups is 1. The monoisotopic (exact) mass is 334 g/mol. The van der Waals surface area contributed by atoms with Crippen LogP contribution >= 0.6 is 11.3 Å². The second kappa shape index (κ2) is 7.72. The van der Waals surface area contributed by atoms with E-state index in [0.717, 1.165) is 26.1 Å². The lowest BCUT2D eigenvalue weighted by molar-refractivity contribution is -0.124. The third-order valence-corrected chi connectivity index (χ3v) is 4.85. The number of fused-ring (bicyclic) bond motifs is 1. The molecule has 1 N–H and O–H groups in total. The van der Waals surface area contributed by atoms with Gasteiger partial charge in [-0.3, -0.25) is 14.4 Å². The van der Waals surface area contributed by atoms with E-state index in [4.69, 9.17) is 4.74 Å². The quantitative estimate of drug-likeness (QED) is 0.836. The molecule has 3 rings (SSSR count). The predicted molar refractivity (Wildman–Crippen MR) is 89.2 cm³/mol. The average Bonchev–Trinajstić information content (AvgIpc) is 3.18. The van der Waals surface area contributed by atoms with Crippen LogP contribution < -0.4 is 5.32 Å². The minimum atomic E-state index is -0.0700. The Labute approximate surface area is 140 Å².